The number of primary amides is 1. The van der Waals surface area contributed by atoms with Crippen LogP contribution in [0.1, 0.15) is 23.8 Å². The summed E-state index contributed by atoms with van der Waals surface area (Å²) in [5, 5.41) is 4.75. The average molecular weight is 302 g/mol. The van der Waals surface area contributed by atoms with Crippen LogP contribution in [-0.4, -0.2) is 45.9 Å². The number of fused-ring (bicyclic) bond motifs is 1. The Labute approximate surface area is 127 Å². The van der Waals surface area contributed by atoms with Crippen molar-refractivity contribution in [3.8, 4) is 0 Å². The standard InChI is InChI=1S/C15H18N4O3/c1-2-7-18(8-9-20)13(21)10-19-12-6-4-3-5-11(12)14(17-19)15(16)22/h3-6,9H,2,7-8,10H2,1H3,(H2,16,22). The first-order valence-electron chi connectivity index (χ1n) is 7.05. The fraction of sp³-hybridized carbons (Fsp3) is 0.333. The van der Waals surface area contributed by atoms with Gasteiger partial charge in [-0.3, -0.25) is 14.3 Å². The molecule has 0 aliphatic rings. The topological polar surface area (TPSA) is 98.3 Å². The molecule has 0 aliphatic heterocycles. The smallest absolute Gasteiger partial charge is 0.269 e. The fourth-order valence-corrected chi connectivity index (χ4v) is 2.34. The van der Waals surface area contributed by atoms with E-state index in [1.807, 2.05) is 6.92 Å². The number of benzene rings is 1. The van der Waals surface area contributed by atoms with Crippen molar-refractivity contribution >= 4 is 29.0 Å². The van der Waals surface area contributed by atoms with E-state index in [0.717, 1.165) is 6.42 Å². The third-order valence-electron chi connectivity index (χ3n) is 3.32. The van der Waals surface area contributed by atoms with E-state index in [-0.39, 0.29) is 24.7 Å². The number of rotatable bonds is 7. The molecule has 116 valence electrons. The van der Waals surface area contributed by atoms with Gasteiger partial charge >= 0.3 is 0 Å². The number of hydrogen-bond donors (Lipinski definition) is 1. The maximum Gasteiger partial charge on any atom is 0.269 e. The highest BCUT2D eigenvalue weighted by Crippen LogP contribution is 2.18. The summed E-state index contributed by atoms with van der Waals surface area (Å²) in [6.45, 7) is 2.44. The molecule has 0 saturated carbocycles. The molecule has 7 heteroatoms. The minimum atomic E-state index is -0.638. The van der Waals surface area contributed by atoms with Crippen LogP contribution in [0, 0.1) is 0 Å². The van der Waals surface area contributed by atoms with E-state index in [4.69, 9.17) is 5.73 Å². The van der Waals surface area contributed by atoms with Crippen LogP contribution in [-0.2, 0) is 16.1 Å². The molecule has 0 radical (unpaired) electrons. The lowest BCUT2D eigenvalue weighted by Gasteiger charge is -2.19. The lowest BCUT2D eigenvalue weighted by Crippen LogP contribution is -2.36. The van der Waals surface area contributed by atoms with Crippen LogP contribution in [0.25, 0.3) is 10.9 Å². The molecule has 1 aromatic carbocycles. The number of para-hydroxylation sites is 1. The lowest BCUT2D eigenvalue weighted by atomic mass is 10.2. The SMILES string of the molecule is CCCN(CC=O)C(=O)Cn1nc(C(N)=O)c2ccccc21. The van der Waals surface area contributed by atoms with Crippen LogP contribution >= 0.6 is 0 Å². The normalized spacial score (nSPS) is 10.6. The van der Waals surface area contributed by atoms with Gasteiger partial charge in [0.05, 0.1) is 12.1 Å². The molecule has 1 heterocycles. The van der Waals surface area contributed by atoms with E-state index < -0.39 is 5.91 Å². The third kappa shape index (κ3) is 3.13. The summed E-state index contributed by atoms with van der Waals surface area (Å²) in [6.07, 6.45) is 1.45. The molecule has 2 aromatic rings. The number of hydrogen-bond acceptors (Lipinski definition) is 4. The van der Waals surface area contributed by atoms with Crippen molar-refractivity contribution < 1.29 is 14.4 Å². The molecular formula is C15H18N4O3. The highest BCUT2D eigenvalue weighted by molar-refractivity contribution is 6.04. The Morgan fingerprint density at radius 2 is 2.09 bits per heavy atom. The molecule has 0 spiro atoms. The maximum atomic E-state index is 12.3. The minimum absolute atomic E-state index is 0.0400. The van der Waals surface area contributed by atoms with Gasteiger partial charge in [-0.15, -0.1) is 0 Å². The summed E-state index contributed by atoms with van der Waals surface area (Å²) < 4.78 is 1.45. The van der Waals surface area contributed by atoms with Gasteiger partial charge in [-0.2, -0.15) is 5.10 Å². The first-order chi connectivity index (χ1) is 10.6. The van der Waals surface area contributed by atoms with Gasteiger partial charge in [0.2, 0.25) is 5.91 Å². The van der Waals surface area contributed by atoms with Crippen molar-refractivity contribution in [3.05, 3.63) is 30.0 Å². The second kappa shape index (κ2) is 6.84. The zero-order valence-electron chi connectivity index (χ0n) is 12.4. The van der Waals surface area contributed by atoms with Gasteiger partial charge in [-0.1, -0.05) is 25.1 Å². The van der Waals surface area contributed by atoms with E-state index in [1.165, 1.54) is 9.58 Å². The first-order valence-corrected chi connectivity index (χ1v) is 7.05. The van der Waals surface area contributed by atoms with Crippen LogP contribution in [0.2, 0.25) is 0 Å². The number of carbonyl (C=O) groups is 3. The summed E-state index contributed by atoms with van der Waals surface area (Å²) in [4.78, 5) is 35.9. The van der Waals surface area contributed by atoms with Gasteiger partial charge in [0.25, 0.3) is 5.91 Å². The summed E-state index contributed by atoms with van der Waals surface area (Å²) in [6, 6.07) is 7.08. The summed E-state index contributed by atoms with van der Waals surface area (Å²) in [5.41, 5.74) is 6.12. The zero-order chi connectivity index (χ0) is 16.1. The molecule has 0 fully saturated rings. The van der Waals surface area contributed by atoms with Crippen LogP contribution in [0.3, 0.4) is 0 Å². The number of aldehydes is 1. The summed E-state index contributed by atoms with van der Waals surface area (Å²) >= 11 is 0. The third-order valence-corrected chi connectivity index (χ3v) is 3.32. The van der Waals surface area contributed by atoms with Crippen LogP contribution < -0.4 is 5.73 Å². The van der Waals surface area contributed by atoms with Gasteiger partial charge in [-0.05, 0) is 12.5 Å². The summed E-state index contributed by atoms with van der Waals surface area (Å²) in [5.74, 6) is -0.862. The Balaban J connectivity index is 2.33. The second-order valence-electron chi connectivity index (χ2n) is 4.89. The number of carbonyl (C=O) groups excluding carboxylic acids is 3. The van der Waals surface area contributed by atoms with E-state index in [1.54, 1.807) is 24.3 Å². The Bertz CT molecular complexity index is 708. The molecule has 0 bridgehead atoms. The molecule has 2 rings (SSSR count). The Morgan fingerprint density at radius 1 is 1.36 bits per heavy atom. The number of amides is 2. The Kier molecular flexibility index (Phi) is 4.88. The number of nitrogens with zero attached hydrogens (tertiary/aromatic N) is 3. The maximum absolute atomic E-state index is 12.3. The van der Waals surface area contributed by atoms with E-state index >= 15 is 0 Å². The van der Waals surface area contributed by atoms with E-state index in [0.29, 0.717) is 23.7 Å². The molecule has 2 amide bonds. The van der Waals surface area contributed by atoms with Crippen molar-refractivity contribution in [1.82, 2.24) is 14.7 Å². The van der Waals surface area contributed by atoms with Gasteiger partial charge in [0, 0.05) is 11.9 Å². The highest BCUT2D eigenvalue weighted by Gasteiger charge is 2.18. The largest absolute Gasteiger partial charge is 0.364 e. The Hall–Kier alpha value is -2.70. The monoisotopic (exact) mass is 302 g/mol. The van der Waals surface area contributed by atoms with Crippen LogP contribution in [0.15, 0.2) is 24.3 Å². The van der Waals surface area contributed by atoms with Crippen molar-refractivity contribution in [3.63, 3.8) is 0 Å². The lowest BCUT2D eigenvalue weighted by molar-refractivity contribution is -0.133. The molecule has 22 heavy (non-hydrogen) atoms. The molecule has 1 aromatic heterocycles. The first kappa shape index (κ1) is 15.7. The van der Waals surface area contributed by atoms with Crippen molar-refractivity contribution in [1.29, 1.82) is 0 Å². The van der Waals surface area contributed by atoms with Crippen molar-refractivity contribution in [2.75, 3.05) is 13.1 Å². The molecule has 0 unspecified atom stereocenters. The fourth-order valence-electron chi connectivity index (χ4n) is 2.34. The molecule has 7 nitrogen and oxygen atoms in total. The van der Waals surface area contributed by atoms with E-state index in [9.17, 15) is 14.4 Å². The van der Waals surface area contributed by atoms with Gasteiger partial charge < -0.3 is 15.4 Å². The van der Waals surface area contributed by atoms with Gasteiger partial charge in [0.15, 0.2) is 5.69 Å². The summed E-state index contributed by atoms with van der Waals surface area (Å²) in [7, 11) is 0. The molecule has 2 N–H and O–H groups in total. The Morgan fingerprint density at radius 3 is 2.73 bits per heavy atom. The van der Waals surface area contributed by atoms with Crippen molar-refractivity contribution in [2.24, 2.45) is 5.73 Å². The molecule has 0 saturated heterocycles. The number of aromatic nitrogens is 2. The number of nitrogens with two attached hydrogens (primary N) is 1. The predicted octanol–water partition coefficient (Wildman–Crippen LogP) is 0.573. The van der Waals surface area contributed by atoms with Gasteiger partial charge in [-0.25, -0.2) is 0 Å². The van der Waals surface area contributed by atoms with Gasteiger partial charge in [0.1, 0.15) is 12.8 Å². The van der Waals surface area contributed by atoms with Crippen LogP contribution in [0.5, 0.6) is 0 Å². The van der Waals surface area contributed by atoms with Crippen LogP contribution in [0.4, 0.5) is 0 Å². The zero-order valence-corrected chi connectivity index (χ0v) is 12.4. The minimum Gasteiger partial charge on any atom is -0.364 e. The molecule has 0 atom stereocenters. The highest BCUT2D eigenvalue weighted by atomic mass is 16.2. The quantitative estimate of drug-likeness (QED) is 0.756. The molecule has 0 aliphatic carbocycles. The second-order valence-corrected chi connectivity index (χ2v) is 4.89. The molecular weight excluding hydrogens is 284 g/mol. The van der Waals surface area contributed by atoms with Crippen molar-refractivity contribution in [2.45, 2.75) is 19.9 Å². The average Bonchev–Trinajstić information content (AvgIpc) is 2.86. The predicted molar refractivity (Wildman–Crippen MR) is 81.2 cm³/mol. The van der Waals surface area contributed by atoms with E-state index in [2.05, 4.69) is 5.10 Å².